The number of carbonyl (C=O) groups is 8. The third-order valence-corrected chi connectivity index (χ3v) is 18.4. The molecule has 3 saturated heterocycles. The number of nitrogen functional groups attached to an aromatic ring is 1. The normalized spacial score (nSPS) is 25.0. The number of rotatable bonds is 25. The van der Waals surface area contributed by atoms with Gasteiger partial charge in [-0.3, -0.25) is 61.4 Å². The number of imidazole rings is 2. The van der Waals surface area contributed by atoms with E-state index in [0.717, 1.165) is 33.3 Å². The molecule has 8 heterocycles. The zero-order chi connectivity index (χ0) is 68.3. The fourth-order valence-corrected chi connectivity index (χ4v) is 13.3. The molecular formula is C54H69F2N17O18P2S2. The molecule has 3 fully saturated rings. The van der Waals surface area contributed by atoms with Crippen molar-refractivity contribution in [2.24, 2.45) is 11.7 Å². The number of urea groups is 1. The lowest BCUT2D eigenvalue weighted by atomic mass is 10.0. The number of thiol groups is 2. The maximum absolute atomic E-state index is 16.7. The first-order valence-electron chi connectivity index (χ1n) is 29.7. The van der Waals surface area contributed by atoms with E-state index >= 15 is 8.78 Å². The molecule has 35 nitrogen and oxygen atoms in total. The summed E-state index contributed by atoms with van der Waals surface area (Å²) in [6.45, 7) is -7.44. The highest BCUT2D eigenvalue weighted by Gasteiger charge is 2.54. The van der Waals surface area contributed by atoms with Crippen molar-refractivity contribution in [3.63, 3.8) is 0 Å². The summed E-state index contributed by atoms with van der Waals surface area (Å²) < 4.78 is 108. The second-order valence-corrected chi connectivity index (χ2v) is 28.1. The topological polar surface area (TPSA) is 450 Å². The van der Waals surface area contributed by atoms with Gasteiger partial charge in [0.05, 0.1) is 32.4 Å². The Bertz CT molecular complexity index is 3770. The molecule has 41 heteroatoms. The third kappa shape index (κ3) is 18.3. The van der Waals surface area contributed by atoms with E-state index in [0.29, 0.717) is 43.4 Å². The second kappa shape index (κ2) is 31.7. The molecule has 1 aromatic carbocycles. The lowest BCUT2D eigenvalue weighted by Crippen LogP contribution is -2.54. The molecule has 0 unspecified atom stereocenters. The van der Waals surface area contributed by atoms with Crippen molar-refractivity contribution in [1.82, 2.24) is 64.8 Å². The molecule has 95 heavy (non-hydrogen) atoms. The number of nitrogens with zero attached hydrogens (tertiary/aromatic N) is 10. The number of aromatic nitrogens is 8. The summed E-state index contributed by atoms with van der Waals surface area (Å²) in [5, 5.41) is 13.2. The average molecular weight is 1410 g/mol. The van der Waals surface area contributed by atoms with Crippen molar-refractivity contribution in [3.8, 4) is 0 Å². The first-order chi connectivity index (χ1) is 45.3. The molecule has 0 spiro atoms. The van der Waals surface area contributed by atoms with Gasteiger partial charge in [0.25, 0.3) is 11.8 Å². The van der Waals surface area contributed by atoms with E-state index in [4.69, 9.17) is 48.5 Å². The summed E-state index contributed by atoms with van der Waals surface area (Å²) in [5.41, 5.74) is 12.0. The minimum atomic E-state index is -4.58. The quantitative estimate of drug-likeness (QED) is 0.0170. The van der Waals surface area contributed by atoms with Crippen LogP contribution in [0.2, 0.25) is 0 Å². The van der Waals surface area contributed by atoms with Gasteiger partial charge in [0.2, 0.25) is 17.7 Å². The molecule has 0 saturated carbocycles. The molecule has 9 amide bonds. The van der Waals surface area contributed by atoms with E-state index in [2.05, 4.69) is 81.0 Å². The number of halogens is 2. The molecule has 4 aromatic heterocycles. The van der Waals surface area contributed by atoms with E-state index in [-0.39, 0.29) is 97.4 Å². The number of benzene rings is 1. The summed E-state index contributed by atoms with van der Waals surface area (Å²) >= 11 is 8.10. The number of carbonyl (C=O) groups excluding carboxylic acids is 8. The Morgan fingerprint density at radius 2 is 1.36 bits per heavy atom. The number of hydrogen-bond acceptors (Lipinski definition) is 25. The second-order valence-electron chi connectivity index (χ2n) is 22.3. The number of primary amides is 1. The first kappa shape index (κ1) is 71.3. The smallest absolute Gasteiger partial charge is 0.412 e. The van der Waals surface area contributed by atoms with Crippen LogP contribution < -0.4 is 38.1 Å². The molecule has 0 radical (unpaired) electrons. The highest BCUT2D eigenvalue weighted by molar-refractivity contribution is 8.44. The number of imide groups is 1. The van der Waals surface area contributed by atoms with Crippen LogP contribution in [-0.2, 0) is 76.8 Å². The van der Waals surface area contributed by atoms with E-state index in [1.165, 1.54) is 30.1 Å². The number of amides is 9. The minimum Gasteiger partial charge on any atom is -0.447 e. The maximum atomic E-state index is 16.7. The Morgan fingerprint density at radius 1 is 0.758 bits per heavy atom. The van der Waals surface area contributed by atoms with Crippen LogP contribution in [0.15, 0.2) is 61.7 Å². The van der Waals surface area contributed by atoms with Gasteiger partial charge in [-0.2, -0.15) is 0 Å². The fourth-order valence-electron chi connectivity index (χ4n) is 10.3. The number of hydrogen-bond donors (Lipinski definition) is 9. The lowest BCUT2D eigenvalue weighted by molar-refractivity contribution is -0.137. The zero-order valence-corrected chi connectivity index (χ0v) is 54.6. The van der Waals surface area contributed by atoms with Crippen LogP contribution in [0.4, 0.5) is 40.5 Å². The van der Waals surface area contributed by atoms with Gasteiger partial charge in [0.15, 0.2) is 53.2 Å². The SMILES string of the molecule is CC(C)[C@H](NC(=O)CCCCCN1C(=O)C=CC1=O)C(=O)N[C@@H](CCCCNC(N)=O)C(=O)Nc1ccc(COC(=O)N(C)CCOC(=O)Nc2ncnc3c2ncn3[C@@H]2O[C@@H]3CO[P@@](=O)(S)O[C@H]4[C@@H](F)[C@H](n5cnc6c(N)ncnc65)O[C@@H]4CO[P@@](=O)(S)O[C@H]3[C@H]2F)cc1. The van der Waals surface area contributed by atoms with E-state index in [1.807, 2.05) is 0 Å². The summed E-state index contributed by atoms with van der Waals surface area (Å²) in [7, 11) is 1.39. The predicted octanol–water partition coefficient (Wildman–Crippen LogP) is 4.32. The fraction of sp³-hybridized carbons (Fsp3) is 0.519. The summed E-state index contributed by atoms with van der Waals surface area (Å²) in [5.74, 6) is -2.89. The minimum absolute atomic E-state index is 0.00295. The van der Waals surface area contributed by atoms with Gasteiger partial charge in [-0.15, -0.1) is 0 Å². The Balaban J connectivity index is 0.726. The summed E-state index contributed by atoms with van der Waals surface area (Å²) in [6, 6.07) is 3.50. The molecule has 9 rings (SSSR count). The van der Waals surface area contributed by atoms with Crippen LogP contribution in [0.1, 0.15) is 76.8 Å². The van der Waals surface area contributed by atoms with E-state index < -0.39 is 124 Å². The summed E-state index contributed by atoms with van der Waals surface area (Å²) in [6.07, 6.45) is -6.50. The molecule has 0 bridgehead atoms. The van der Waals surface area contributed by atoms with E-state index in [9.17, 15) is 47.5 Å². The van der Waals surface area contributed by atoms with Gasteiger partial charge in [-0.05, 0) is 55.7 Å². The van der Waals surface area contributed by atoms with Crippen LogP contribution in [0.5, 0.6) is 0 Å². The first-order valence-corrected chi connectivity index (χ1v) is 35.0. The van der Waals surface area contributed by atoms with Crippen LogP contribution in [0, 0.1) is 5.92 Å². The highest BCUT2D eigenvalue weighted by atomic mass is 32.7. The predicted molar refractivity (Wildman–Crippen MR) is 335 cm³/mol. The van der Waals surface area contributed by atoms with Gasteiger partial charge in [-0.25, -0.2) is 62.2 Å². The van der Waals surface area contributed by atoms with Crippen molar-refractivity contribution in [2.75, 3.05) is 62.9 Å². The Kier molecular flexibility index (Phi) is 23.8. The van der Waals surface area contributed by atoms with Crippen molar-refractivity contribution in [1.29, 1.82) is 0 Å². The molecule has 5 aromatic rings. The Hall–Kier alpha value is -8.00. The molecule has 514 valence electrons. The van der Waals surface area contributed by atoms with Crippen LogP contribution in [0.25, 0.3) is 22.3 Å². The van der Waals surface area contributed by atoms with Crippen molar-refractivity contribution >= 4 is 125 Å². The van der Waals surface area contributed by atoms with Crippen LogP contribution >= 0.6 is 38.1 Å². The average Bonchev–Trinajstić information content (AvgIpc) is 1.62. The number of nitrogens with one attached hydrogen (secondary N) is 5. The number of alkyl halides is 2. The van der Waals surface area contributed by atoms with Gasteiger partial charge in [-0.1, -0.05) is 56.9 Å². The summed E-state index contributed by atoms with van der Waals surface area (Å²) in [4.78, 5) is 128. The third-order valence-electron chi connectivity index (χ3n) is 15.2. The lowest BCUT2D eigenvalue weighted by Gasteiger charge is -2.28. The molecule has 4 aliphatic rings. The number of anilines is 3. The number of unbranched alkanes of at least 4 members (excludes halogenated alkanes) is 3. The number of nitrogens with two attached hydrogens (primary N) is 2. The molecule has 9 N–H and O–H groups in total. The number of fused-ring (bicyclic) bond motifs is 4. The standard InChI is InChI=1S/C54H69F2N17O18P2S2/c1-28(2)39(68-34(74)10-5-4-8-18-71-35(75)15-16-36(71)76)49(78)67-31(9-6-7-17-59-52(58)79)48(77)66-30-13-11-29(12-14-30)21-85-54(81)70(3)19-20-84-53(80)69-45-41-47(63-25-61-45)73(27-65-41)51-38(56)43-33(89-51)23-87-92(82,94)90-42-32(22-86-93(83,95)91-43)88-50(37(42)55)72-26-64-40-44(57)60-24-62-46(40)72/h11-16,24-28,31-33,37-39,42-43,50-51H,4-10,17-23H2,1-3H3,(H,66,77)(H,67,78)(H,68,74)(H,82,94)(H,83,95)(H2,57,60,62)(H3,58,59,79)(H,61,63,69,80)/t31-,32+,33+,37+,38+,39-,42+,43+,50+,51+,92+,93+/m0/s1. The van der Waals surface area contributed by atoms with E-state index in [1.54, 1.807) is 38.1 Å². The Labute approximate surface area is 549 Å². The van der Waals surface area contributed by atoms with Gasteiger partial charge in [0.1, 0.15) is 67.9 Å². The zero-order valence-electron chi connectivity index (χ0n) is 51.0. The van der Waals surface area contributed by atoms with Crippen LogP contribution in [-0.4, -0.2) is 192 Å². The molecule has 12 atom stereocenters. The van der Waals surface area contributed by atoms with Crippen molar-refractivity contribution in [3.05, 3.63) is 67.3 Å². The number of likely N-dealkylation sites (N-methyl/N-ethyl adjacent to an activating group) is 1. The molecule has 4 aliphatic heterocycles. The number of ether oxygens (including phenoxy) is 4. The van der Waals surface area contributed by atoms with Crippen LogP contribution in [0.3, 0.4) is 0 Å². The van der Waals surface area contributed by atoms with Gasteiger partial charge >= 0.3 is 31.8 Å². The van der Waals surface area contributed by atoms with Crippen molar-refractivity contribution in [2.45, 2.75) is 127 Å². The van der Waals surface area contributed by atoms with Gasteiger partial charge < -0.3 is 56.6 Å². The largest absolute Gasteiger partial charge is 0.447 e. The Morgan fingerprint density at radius 3 is 1.97 bits per heavy atom. The molecular weight excluding hydrogens is 1340 g/mol. The maximum Gasteiger partial charge on any atom is 0.412 e. The van der Waals surface area contributed by atoms with Crippen molar-refractivity contribution < 1.29 is 93.3 Å². The van der Waals surface area contributed by atoms with Gasteiger partial charge in [0, 0.05) is 44.4 Å². The molecule has 0 aliphatic carbocycles. The highest BCUT2D eigenvalue weighted by Crippen LogP contribution is 2.61. The monoisotopic (exact) mass is 1410 g/mol.